The molecule has 6 heavy (non-hydrogen) atoms. The molecular formula is H8CoO5. The second kappa shape index (κ2) is 4120. The summed E-state index contributed by atoms with van der Waals surface area (Å²) in [5, 5.41) is 0. The maximum atomic E-state index is 7.94. The van der Waals surface area contributed by atoms with Crippen molar-refractivity contribution in [2.24, 2.45) is 0 Å². The van der Waals surface area contributed by atoms with Crippen LogP contribution >= 0.6 is 0 Å². The van der Waals surface area contributed by atoms with Crippen LogP contribution in [0.1, 0.15) is 0 Å². The molecule has 0 aliphatic heterocycles. The quantitative estimate of drug-likeness (QED) is 0.345. The predicted octanol–water partition coefficient (Wildman–Crippen LogP) is -3.42. The minimum absolute atomic E-state index is 0. The summed E-state index contributed by atoms with van der Waals surface area (Å²) in [7, 11) is 0. The molecule has 0 aromatic heterocycles. The molecule has 8 N–H and O–H groups in total. The summed E-state index contributed by atoms with van der Waals surface area (Å²) < 4.78 is 7.94. The predicted molar refractivity (Wildman–Crippen MR) is 15.1 cm³/mol. The maximum absolute atomic E-state index is 7.94. The summed E-state index contributed by atoms with van der Waals surface area (Å²) in [6.45, 7) is 0. The van der Waals surface area contributed by atoms with Gasteiger partial charge in [0.05, 0.1) is 0 Å². The van der Waals surface area contributed by atoms with Gasteiger partial charge in [0.15, 0.2) is 0 Å². The first-order valence-corrected chi connectivity index (χ1v) is 0.561. The van der Waals surface area contributed by atoms with Gasteiger partial charge in [-0.05, 0) is 0 Å². The average Bonchev–Trinajstić information content (AvgIpc) is 1.00. The normalized spacial score (nSPS) is 0.833. The van der Waals surface area contributed by atoms with Gasteiger partial charge < -0.3 is 21.9 Å². The molecule has 0 aliphatic carbocycles. The van der Waals surface area contributed by atoms with E-state index in [0.29, 0.717) is 0 Å². The van der Waals surface area contributed by atoms with E-state index in [1.807, 2.05) is 0 Å². The zero-order valence-corrected chi connectivity index (χ0v) is 3.78. The van der Waals surface area contributed by atoms with Gasteiger partial charge in [-0.25, -0.2) is 0 Å². The van der Waals surface area contributed by atoms with Crippen LogP contribution in [-0.2, 0) is 19.5 Å². The summed E-state index contributed by atoms with van der Waals surface area (Å²) >= 11 is 2.31. The summed E-state index contributed by atoms with van der Waals surface area (Å²) in [6.07, 6.45) is 0. The fourth-order valence-electron chi connectivity index (χ4n) is 0. The molecule has 0 heterocycles. The van der Waals surface area contributed by atoms with Gasteiger partial charge in [0.25, 0.3) is 0 Å². The van der Waals surface area contributed by atoms with Crippen LogP contribution in [-0.4, -0.2) is 21.9 Å². The second-order valence-electron chi connectivity index (χ2n) is 0. The Balaban J connectivity index is -0.000000000833. The van der Waals surface area contributed by atoms with E-state index in [0.717, 1.165) is 0 Å². The van der Waals surface area contributed by atoms with Gasteiger partial charge in [-0.1, -0.05) is 0 Å². The Morgan fingerprint density at radius 2 is 0.667 bits per heavy atom. The Morgan fingerprint density at radius 1 is 0.667 bits per heavy atom. The SMILES string of the molecule is O.O.O.O.[O]=[Co]. The molecule has 0 rings (SSSR count). The van der Waals surface area contributed by atoms with Crippen LogP contribution in [0.2, 0.25) is 0 Å². The first kappa shape index (κ1) is 124. The third kappa shape index (κ3) is 1910. The Labute approximate surface area is 42.4 Å². The summed E-state index contributed by atoms with van der Waals surface area (Å²) in [5.74, 6) is 0. The topological polar surface area (TPSA) is 143 Å². The average molecular weight is 147 g/mol. The third-order valence-corrected chi connectivity index (χ3v) is 0. The third-order valence-electron chi connectivity index (χ3n) is 0. The van der Waals surface area contributed by atoms with Gasteiger partial charge in [-0.2, -0.15) is 0 Å². The zero-order chi connectivity index (χ0) is 2.00. The Kier molecular flexibility index (Phi) is 85100. The van der Waals surface area contributed by atoms with Gasteiger partial charge in [0.1, 0.15) is 0 Å². The molecule has 0 spiro atoms. The number of hydrogen-bond acceptors (Lipinski definition) is 1. The van der Waals surface area contributed by atoms with E-state index in [1.54, 1.807) is 0 Å². The molecule has 5 nitrogen and oxygen atoms in total. The van der Waals surface area contributed by atoms with E-state index in [4.69, 9.17) is 3.87 Å². The molecule has 0 bridgehead atoms. The van der Waals surface area contributed by atoms with Crippen LogP contribution in [0.5, 0.6) is 0 Å². The van der Waals surface area contributed by atoms with E-state index in [2.05, 4.69) is 15.7 Å². The van der Waals surface area contributed by atoms with Crippen LogP contribution in [0.15, 0.2) is 0 Å². The number of hydrogen-bond donors (Lipinski definition) is 0. The van der Waals surface area contributed by atoms with Crippen molar-refractivity contribution in [3.05, 3.63) is 0 Å². The molecule has 6 heteroatoms. The van der Waals surface area contributed by atoms with E-state index in [9.17, 15) is 0 Å². The molecule has 0 atom stereocenters. The second-order valence-corrected chi connectivity index (χ2v) is 0. The Hall–Kier alpha value is 0.146. The van der Waals surface area contributed by atoms with Crippen molar-refractivity contribution in [2.75, 3.05) is 0 Å². The Bertz CT molecular complexity index is 3.90. The molecule has 0 fully saturated rings. The molecule has 0 amide bonds. The van der Waals surface area contributed by atoms with Gasteiger partial charge in [-0.3, -0.25) is 0 Å². The molecule has 47 valence electrons. The van der Waals surface area contributed by atoms with Crippen LogP contribution < -0.4 is 0 Å². The molecule has 0 aromatic carbocycles. The summed E-state index contributed by atoms with van der Waals surface area (Å²) in [6, 6.07) is 0. The fourth-order valence-corrected chi connectivity index (χ4v) is 0. The van der Waals surface area contributed by atoms with Crippen molar-refractivity contribution in [1.29, 1.82) is 0 Å². The van der Waals surface area contributed by atoms with Crippen molar-refractivity contribution in [3.8, 4) is 0 Å². The number of rotatable bonds is 0. The van der Waals surface area contributed by atoms with Crippen molar-refractivity contribution < 1.29 is 41.4 Å². The van der Waals surface area contributed by atoms with Gasteiger partial charge in [0.2, 0.25) is 0 Å². The summed E-state index contributed by atoms with van der Waals surface area (Å²) in [5.41, 5.74) is 0. The molecule has 0 unspecified atom stereocenters. The van der Waals surface area contributed by atoms with Gasteiger partial charge in [-0.15, -0.1) is 0 Å². The zero-order valence-electron chi connectivity index (χ0n) is 2.74. The molecule has 0 saturated carbocycles. The van der Waals surface area contributed by atoms with Crippen LogP contribution in [0.25, 0.3) is 0 Å². The van der Waals surface area contributed by atoms with Crippen LogP contribution in [0.3, 0.4) is 0 Å². The van der Waals surface area contributed by atoms with E-state index in [-0.39, 0.29) is 21.9 Å². The molecule has 0 saturated heterocycles. The Morgan fingerprint density at radius 3 is 0.667 bits per heavy atom. The van der Waals surface area contributed by atoms with E-state index in [1.165, 1.54) is 0 Å². The first-order chi connectivity index (χ1) is 1.00. The van der Waals surface area contributed by atoms with Crippen molar-refractivity contribution in [1.82, 2.24) is 0 Å². The van der Waals surface area contributed by atoms with Crippen molar-refractivity contribution in [3.63, 3.8) is 0 Å². The van der Waals surface area contributed by atoms with E-state index >= 15 is 0 Å². The standard InChI is InChI=1S/Co.4H2O.O/h;4*1H2;. The monoisotopic (exact) mass is 147 g/mol. The first-order valence-electron chi connectivity index (χ1n) is 0.136. The van der Waals surface area contributed by atoms with Crippen molar-refractivity contribution >= 4 is 0 Å². The molecule has 0 aliphatic rings. The van der Waals surface area contributed by atoms with Crippen LogP contribution in [0, 0.1) is 0 Å². The minimum atomic E-state index is 0. The molecule has 0 aromatic rings. The van der Waals surface area contributed by atoms with Crippen LogP contribution in [0.4, 0.5) is 0 Å². The van der Waals surface area contributed by atoms with Gasteiger partial charge in [0, 0.05) is 0 Å². The van der Waals surface area contributed by atoms with E-state index < -0.39 is 0 Å². The fraction of sp³-hybridized carbons (Fsp3) is 0. The molecular weight excluding hydrogens is 139 g/mol. The molecule has 0 radical (unpaired) electrons. The van der Waals surface area contributed by atoms with Gasteiger partial charge >= 0.3 is 19.5 Å². The summed E-state index contributed by atoms with van der Waals surface area (Å²) in [4.78, 5) is 0. The van der Waals surface area contributed by atoms with Crippen molar-refractivity contribution in [2.45, 2.75) is 0 Å².